The first-order chi connectivity index (χ1) is 12.1. The number of aromatic nitrogens is 2. The van der Waals surface area contributed by atoms with Crippen molar-refractivity contribution in [3.05, 3.63) is 59.0 Å². The first-order valence-corrected chi connectivity index (χ1v) is 8.29. The SMILES string of the molecule is O=C(c1ccc(-c2csnn2)cc1)N1CCOc2c1ccc(F)c2F. The third-order valence-corrected chi connectivity index (χ3v) is 4.42. The summed E-state index contributed by atoms with van der Waals surface area (Å²) in [6.45, 7) is 0.357. The van der Waals surface area contributed by atoms with Gasteiger partial charge in [0.05, 0.1) is 12.2 Å². The van der Waals surface area contributed by atoms with E-state index in [4.69, 9.17) is 4.74 Å². The number of carbonyl (C=O) groups is 1. The first-order valence-electron chi connectivity index (χ1n) is 7.45. The average Bonchev–Trinajstić information content (AvgIpc) is 3.19. The van der Waals surface area contributed by atoms with Gasteiger partial charge in [0.15, 0.2) is 11.6 Å². The minimum atomic E-state index is -1.08. The van der Waals surface area contributed by atoms with E-state index in [0.29, 0.717) is 5.56 Å². The van der Waals surface area contributed by atoms with Crippen molar-refractivity contribution in [1.29, 1.82) is 0 Å². The summed E-state index contributed by atoms with van der Waals surface area (Å²) in [7, 11) is 0. The van der Waals surface area contributed by atoms with Crippen molar-refractivity contribution in [3.8, 4) is 17.0 Å². The number of carbonyl (C=O) groups excluding carboxylic acids is 1. The molecular weight excluding hydrogens is 348 g/mol. The largest absolute Gasteiger partial charge is 0.486 e. The number of hydrogen-bond acceptors (Lipinski definition) is 5. The summed E-state index contributed by atoms with van der Waals surface area (Å²) in [4.78, 5) is 14.2. The molecule has 1 aromatic heterocycles. The van der Waals surface area contributed by atoms with Gasteiger partial charge in [-0.05, 0) is 35.8 Å². The van der Waals surface area contributed by atoms with Gasteiger partial charge in [0.25, 0.3) is 5.91 Å². The molecule has 1 aliphatic heterocycles. The number of nitrogens with zero attached hydrogens (tertiary/aromatic N) is 3. The number of benzene rings is 2. The van der Waals surface area contributed by atoms with E-state index in [9.17, 15) is 13.6 Å². The highest BCUT2D eigenvalue weighted by molar-refractivity contribution is 7.03. The summed E-state index contributed by atoms with van der Waals surface area (Å²) in [5.41, 5.74) is 2.24. The zero-order valence-corrected chi connectivity index (χ0v) is 13.6. The van der Waals surface area contributed by atoms with E-state index < -0.39 is 11.6 Å². The minimum absolute atomic E-state index is 0.0989. The number of anilines is 1. The molecule has 0 fully saturated rings. The molecule has 0 bridgehead atoms. The Hall–Kier alpha value is -2.87. The van der Waals surface area contributed by atoms with Crippen molar-refractivity contribution in [2.24, 2.45) is 0 Å². The van der Waals surface area contributed by atoms with Crippen molar-refractivity contribution in [2.75, 3.05) is 18.1 Å². The maximum Gasteiger partial charge on any atom is 0.258 e. The predicted octanol–water partition coefficient (Wildman–Crippen LogP) is 3.52. The van der Waals surface area contributed by atoms with E-state index in [0.717, 1.165) is 17.3 Å². The van der Waals surface area contributed by atoms with Crippen LogP contribution in [0.25, 0.3) is 11.3 Å². The number of fused-ring (bicyclic) bond motifs is 1. The van der Waals surface area contributed by atoms with Gasteiger partial charge < -0.3 is 9.64 Å². The number of rotatable bonds is 2. The van der Waals surface area contributed by atoms with Crippen LogP contribution in [0.15, 0.2) is 41.8 Å². The van der Waals surface area contributed by atoms with Gasteiger partial charge in [0.2, 0.25) is 5.82 Å². The summed E-state index contributed by atoms with van der Waals surface area (Å²) >= 11 is 1.25. The van der Waals surface area contributed by atoms with Crippen LogP contribution in [0, 0.1) is 11.6 Å². The zero-order valence-electron chi connectivity index (χ0n) is 12.8. The van der Waals surface area contributed by atoms with E-state index in [-0.39, 0.29) is 30.5 Å². The molecule has 3 aromatic rings. The molecule has 0 saturated heterocycles. The number of amides is 1. The molecule has 0 unspecified atom stereocenters. The van der Waals surface area contributed by atoms with E-state index in [1.165, 1.54) is 22.5 Å². The average molecular weight is 359 g/mol. The fraction of sp³-hybridized carbons (Fsp3) is 0.118. The monoisotopic (exact) mass is 359 g/mol. The van der Waals surface area contributed by atoms with E-state index in [1.54, 1.807) is 24.3 Å². The molecule has 8 heteroatoms. The smallest absolute Gasteiger partial charge is 0.258 e. The first kappa shape index (κ1) is 15.6. The Bertz CT molecular complexity index is 930. The second kappa shape index (κ2) is 6.21. The lowest BCUT2D eigenvalue weighted by atomic mass is 10.1. The molecule has 126 valence electrons. The molecule has 0 atom stereocenters. The van der Waals surface area contributed by atoms with Gasteiger partial charge >= 0.3 is 0 Å². The fourth-order valence-corrected chi connectivity index (χ4v) is 3.14. The number of ether oxygens (including phenoxy) is 1. The lowest BCUT2D eigenvalue weighted by molar-refractivity contribution is 0.0975. The van der Waals surface area contributed by atoms with Gasteiger partial charge in [-0.1, -0.05) is 16.6 Å². The maximum atomic E-state index is 13.9. The molecular formula is C17H11F2N3O2S. The van der Waals surface area contributed by atoms with Crippen LogP contribution >= 0.6 is 11.5 Å². The lowest BCUT2D eigenvalue weighted by Gasteiger charge is -2.29. The summed E-state index contributed by atoms with van der Waals surface area (Å²) in [6.07, 6.45) is 0. The van der Waals surface area contributed by atoms with Crippen LogP contribution in [-0.4, -0.2) is 28.6 Å². The number of hydrogen-bond donors (Lipinski definition) is 0. The van der Waals surface area contributed by atoms with Crippen molar-refractivity contribution in [3.63, 3.8) is 0 Å². The zero-order chi connectivity index (χ0) is 17.4. The second-order valence-corrected chi connectivity index (χ2v) is 5.99. The molecule has 0 saturated carbocycles. The van der Waals surface area contributed by atoms with Gasteiger partial charge in [-0.2, -0.15) is 4.39 Å². The molecule has 1 amide bonds. The van der Waals surface area contributed by atoms with Crippen molar-refractivity contribution in [2.45, 2.75) is 0 Å². The molecule has 4 rings (SSSR count). The third-order valence-electron chi connectivity index (χ3n) is 3.91. The predicted molar refractivity (Wildman–Crippen MR) is 88.9 cm³/mol. The molecule has 1 aliphatic rings. The molecule has 0 radical (unpaired) electrons. The van der Waals surface area contributed by atoms with Crippen molar-refractivity contribution >= 4 is 23.1 Å². The van der Waals surface area contributed by atoms with Crippen LogP contribution < -0.4 is 9.64 Å². The highest BCUT2D eigenvalue weighted by Crippen LogP contribution is 2.36. The van der Waals surface area contributed by atoms with Crippen molar-refractivity contribution < 1.29 is 18.3 Å². The van der Waals surface area contributed by atoms with Gasteiger partial charge in [-0.3, -0.25) is 4.79 Å². The highest BCUT2D eigenvalue weighted by atomic mass is 32.1. The molecule has 0 N–H and O–H groups in total. The highest BCUT2D eigenvalue weighted by Gasteiger charge is 2.28. The van der Waals surface area contributed by atoms with Crippen LogP contribution in [0.3, 0.4) is 0 Å². The van der Waals surface area contributed by atoms with E-state index in [2.05, 4.69) is 9.59 Å². The summed E-state index contributed by atoms with van der Waals surface area (Å²) in [6, 6.07) is 9.23. The Kier molecular flexibility index (Phi) is 3.89. The number of halogens is 2. The molecule has 2 aromatic carbocycles. The Labute approximate surface area is 145 Å². The summed E-state index contributed by atoms with van der Waals surface area (Å²) < 4.78 is 36.3. The lowest BCUT2D eigenvalue weighted by Crippen LogP contribution is -2.38. The molecule has 25 heavy (non-hydrogen) atoms. The van der Waals surface area contributed by atoms with E-state index in [1.807, 2.05) is 5.38 Å². The minimum Gasteiger partial charge on any atom is -0.486 e. The fourth-order valence-electron chi connectivity index (χ4n) is 2.67. The van der Waals surface area contributed by atoms with Crippen LogP contribution in [0.2, 0.25) is 0 Å². The van der Waals surface area contributed by atoms with Crippen molar-refractivity contribution in [1.82, 2.24) is 9.59 Å². The normalized spacial score (nSPS) is 13.3. The Balaban J connectivity index is 1.65. The maximum absolute atomic E-state index is 13.9. The van der Waals surface area contributed by atoms with Crippen LogP contribution in [-0.2, 0) is 0 Å². The Morgan fingerprint density at radius 3 is 2.68 bits per heavy atom. The third kappa shape index (κ3) is 2.74. The Morgan fingerprint density at radius 1 is 1.16 bits per heavy atom. The van der Waals surface area contributed by atoms with Gasteiger partial charge in [-0.15, -0.1) is 5.10 Å². The summed E-state index contributed by atoms with van der Waals surface area (Å²) in [5, 5.41) is 5.79. The van der Waals surface area contributed by atoms with Gasteiger partial charge in [-0.25, -0.2) is 4.39 Å². The molecule has 5 nitrogen and oxygen atoms in total. The molecule has 0 spiro atoms. The van der Waals surface area contributed by atoms with Crippen LogP contribution in [0.4, 0.5) is 14.5 Å². The Morgan fingerprint density at radius 2 is 1.96 bits per heavy atom. The van der Waals surface area contributed by atoms with Crippen LogP contribution in [0.5, 0.6) is 5.75 Å². The standard InChI is InChI=1S/C17H11F2N3O2S/c18-12-5-6-14-16(15(12)19)24-8-7-22(14)17(23)11-3-1-10(2-4-11)13-9-25-21-20-13/h1-6,9H,7-8H2. The van der Waals surface area contributed by atoms with Crippen LogP contribution in [0.1, 0.15) is 10.4 Å². The van der Waals surface area contributed by atoms with Gasteiger partial charge in [0, 0.05) is 16.5 Å². The van der Waals surface area contributed by atoms with E-state index >= 15 is 0 Å². The molecule has 0 aliphatic carbocycles. The topological polar surface area (TPSA) is 55.3 Å². The molecule has 2 heterocycles. The second-order valence-electron chi connectivity index (χ2n) is 5.38. The van der Waals surface area contributed by atoms with Gasteiger partial charge in [0.1, 0.15) is 12.3 Å². The quantitative estimate of drug-likeness (QED) is 0.703. The summed E-state index contributed by atoms with van der Waals surface area (Å²) in [5.74, 6) is -2.63.